The molecule has 1 saturated heterocycles. The van der Waals surface area contributed by atoms with Crippen molar-refractivity contribution in [1.29, 1.82) is 0 Å². The molecule has 2 heterocycles. The molecule has 12 heteroatoms. The van der Waals surface area contributed by atoms with Gasteiger partial charge < -0.3 is 5.32 Å². The average Bonchev–Trinajstić information content (AvgIpc) is 3.13. The molecule has 0 spiro atoms. The van der Waals surface area contributed by atoms with Crippen LogP contribution in [0.25, 0.3) is 0 Å². The summed E-state index contributed by atoms with van der Waals surface area (Å²) in [4.78, 5) is 9.09. The van der Waals surface area contributed by atoms with Gasteiger partial charge in [0.15, 0.2) is 0 Å². The highest BCUT2D eigenvalue weighted by atomic mass is 35.5. The van der Waals surface area contributed by atoms with Crippen LogP contribution in [0.15, 0.2) is 35.6 Å². The number of anilines is 2. The van der Waals surface area contributed by atoms with E-state index in [1.807, 2.05) is 0 Å². The van der Waals surface area contributed by atoms with E-state index in [2.05, 4.69) is 24.9 Å². The largest absolute Gasteiger partial charge is 0.383 e. The SMILES string of the molecule is O=S(=O)(Nc1ccncn1)c1cc(Cl)c(NC[C@@H]2CCCC[C@H]2N2CC3C(C2)C3(F)F)cc1F. The topological polar surface area (TPSA) is 87.2 Å². The molecular weight excluding hydrogens is 491 g/mol. The Morgan fingerprint density at radius 3 is 2.62 bits per heavy atom. The zero-order chi connectivity index (χ0) is 24.1. The lowest BCUT2D eigenvalue weighted by atomic mass is 9.83. The molecule has 0 radical (unpaired) electrons. The van der Waals surface area contributed by atoms with Crippen molar-refractivity contribution in [2.24, 2.45) is 17.8 Å². The number of sulfonamides is 1. The van der Waals surface area contributed by atoms with Crippen LogP contribution in [0, 0.1) is 23.6 Å². The van der Waals surface area contributed by atoms with Crippen molar-refractivity contribution in [3.05, 3.63) is 41.6 Å². The predicted molar refractivity (Wildman–Crippen MR) is 122 cm³/mol. The number of likely N-dealkylation sites (tertiary alicyclic amines) is 1. The highest BCUT2D eigenvalue weighted by Crippen LogP contribution is 2.60. The first kappa shape index (κ1) is 23.6. The summed E-state index contributed by atoms with van der Waals surface area (Å²) in [7, 11) is -4.24. The lowest BCUT2D eigenvalue weighted by molar-refractivity contribution is 0.0287. The summed E-state index contributed by atoms with van der Waals surface area (Å²) in [6, 6.07) is 3.68. The van der Waals surface area contributed by atoms with Gasteiger partial charge in [-0.05, 0) is 37.0 Å². The molecule has 2 unspecified atom stereocenters. The molecule has 34 heavy (non-hydrogen) atoms. The molecule has 3 fully saturated rings. The van der Waals surface area contributed by atoms with Gasteiger partial charge in [0.05, 0.1) is 10.7 Å². The molecule has 1 aromatic heterocycles. The van der Waals surface area contributed by atoms with E-state index in [1.165, 1.54) is 18.6 Å². The van der Waals surface area contributed by atoms with Crippen LogP contribution in [0.2, 0.25) is 5.02 Å². The molecule has 184 valence electrons. The Morgan fingerprint density at radius 1 is 1.18 bits per heavy atom. The summed E-state index contributed by atoms with van der Waals surface area (Å²) in [5.74, 6) is -4.27. The number of piperidine rings is 1. The summed E-state index contributed by atoms with van der Waals surface area (Å²) in [5, 5.41) is 3.23. The number of halogens is 4. The van der Waals surface area contributed by atoms with Gasteiger partial charge in [-0.3, -0.25) is 9.62 Å². The second-order valence-electron chi connectivity index (χ2n) is 9.30. The molecule has 2 aromatic rings. The quantitative estimate of drug-likeness (QED) is 0.573. The van der Waals surface area contributed by atoms with Crippen LogP contribution in [0.3, 0.4) is 0 Å². The summed E-state index contributed by atoms with van der Waals surface area (Å²) < 4.78 is 69.5. The third-order valence-corrected chi connectivity index (χ3v) is 8.93. The van der Waals surface area contributed by atoms with Gasteiger partial charge in [-0.2, -0.15) is 0 Å². The third-order valence-electron chi connectivity index (χ3n) is 7.25. The number of alkyl halides is 2. The van der Waals surface area contributed by atoms with E-state index >= 15 is 0 Å². The van der Waals surface area contributed by atoms with E-state index in [-0.39, 0.29) is 22.8 Å². The average molecular weight is 516 g/mol. The van der Waals surface area contributed by atoms with Gasteiger partial charge >= 0.3 is 0 Å². The maximum atomic E-state index is 14.8. The van der Waals surface area contributed by atoms with Gasteiger partial charge in [0.25, 0.3) is 15.9 Å². The minimum Gasteiger partial charge on any atom is -0.383 e. The number of aromatic nitrogens is 2. The Labute approximate surface area is 201 Å². The predicted octanol–water partition coefficient (Wildman–Crippen LogP) is 4.24. The Hall–Kier alpha value is -2.11. The number of hydrogen-bond donors (Lipinski definition) is 2. The van der Waals surface area contributed by atoms with Crippen LogP contribution in [-0.2, 0) is 10.0 Å². The second kappa shape index (κ2) is 8.83. The third kappa shape index (κ3) is 4.45. The first-order valence-electron chi connectivity index (χ1n) is 11.3. The molecule has 1 aromatic carbocycles. The van der Waals surface area contributed by atoms with Crippen molar-refractivity contribution >= 4 is 33.1 Å². The molecule has 1 aliphatic heterocycles. The van der Waals surface area contributed by atoms with Gasteiger partial charge in [0.2, 0.25) is 0 Å². The van der Waals surface area contributed by atoms with Crippen molar-refractivity contribution in [2.45, 2.75) is 42.5 Å². The number of rotatable bonds is 7. The zero-order valence-electron chi connectivity index (χ0n) is 18.2. The van der Waals surface area contributed by atoms with Gasteiger partial charge in [-0.15, -0.1) is 0 Å². The van der Waals surface area contributed by atoms with Gasteiger partial charge in [-0.1, -0.05) is 24.4 Å². The summed E-state index contributed by atoms with van der Waals surface area (Å²) in [5.41, 5.74) is 0.292. The fourth-order valence-corrected chi connectivity index (χ4v) is 6.76. The molecule has 2 aliphatic carbocycles. The minimum atomic E-state index is -4.24. The Bertz CT molecular complexity index is 1160. The summed E-state index contributed by atoms with van der Waals surface area (Å²) in [6.45, 7) is 1.36. The van der Waals surface area contributed by atoms with E-state index in [9.17, 15) is 21.6 Å². The molecule has 0 amide bonds. The van der Waals surface area contributed by atoms with Gasteiger partial charge in [0.1, 0.15) is 22.9 Å². The molecule has 5 rings (SSSR count). The van der Waals surface area contributed by atoms with E-state index in [4.69, 9.17) is 11.6 Å². The minimum absolute atomic E-state index is 0.00776. The number of hydrogen-bond acceptors (Lipinski definition) is 6. The Balaban J connectivity index is 1.26. The number of nitrogens with zero attached hydrogens (tertiary/aromatic N) is 3. The van der Waals surface area contributed by atoms with Crippen LogP contribution >= 0.6 is 11.6 Å². The highest BCUT2D eigenvalue weighted by Gasteiger charge is 2.72. The zero-order valence-corrected chi connectivity index (χ0v) is 19.8. The maximum absolute atomic E-state index is 14.8. The van der Waals surface area contributed by atoms with Crippen molar-refractivity contribution in [1.82, 2.24) is 14.9 Å². The Morgan fingerprint density at radius 2 is 1.91 bits per heavy atom. The van der Waals surface area contributed by atoms with E-state index in [0.717, 1.165) is 37.8 Å². The van der Waals surface area contributed by atoms with Gasteiger partial charge in [-0.25, -0.2) is 31.6 Å². The normalized spacial score (nSPS) is 28.4. The lowest BCUT2D eigenvalue weighted by Gasteiger charge is -2.39. The Kier molecular flexibility index (Phi) is 6.14. The van der Waals surface area contributed by atoms with Crippen molar-refractivity contribution in [3.8, 4) is 0 Å². The number of benzene rings is 1. The van der Waals surface area contributed by atoms with Crippen molar-refractivity contribution in [2.75, 3.05) is 29.7 Å². The fraction of sp³-hybridized carbons (Fsp3) is 0.545. The van der Waals surface area contributed by atoms with Crippen molar-refractivity contribution < 1.29 is 21.6 Å². The standard InChI is InChI=1S/C22H25ClF3N5O2S/c23-16-7-20(34(32,33)30-21-5-6-27-12-29-21)17(24)8-18(16)28-9-13-3-1-2-4-19(13)31-10-14-15(11-31)22(14,25)26/h5-8,12-15,19,28H,1-4,9-11H2,(H,27,29,30)/t13-,14?,15?,19+/m0/s1. The second-order valence-corrected chi connectivity index (χ2v) is 11.4. The first-order valence-corrected chi connectivity index (χ1v) is 13.2. The fourth-order valence-electron chi connectivity index (χ4n) is 5.37. The van der Waals surface area contributed by atoms with Crippen LogP contribution < -0.4 is 10.0 Å². The highest BCUT2D eigenvalue weighted by molar-refractivity contribution is 7.92. The van der Waals surface area contributed by atoms with E-state index in [0.29, 0.717) is 25.3 Å². The van der Waals surface area contributed by atoms with Crippen LogP contribution in [-0.4, -0.2) is 54.9 Å². The first-order chi connectivity index (χ1) is 16.2. The molecule has 7 nitrogen and oxygen atoms in total. The summed E-state index contributed by atoms with van der Waals surface area (Å²) >= 11 is 6.31. The maximum Gasteiger partial charge on any atom is 0.266 e. The number of fused-ring (bicyclic) bond motifs is 1. The molecule has 2 saturated carbocycles. The lowest BCUT2D eigenvalue weighted by Crippen LogP contribution is -2.45. The van der Waals surface area contributed by atoms with Crippen LogP contribution in [0.5, 0.6) is 0 Å². The molecule has 4 atom stereocenters. The smallest absolute Gasteiger partial charge is 0.266 e. The summed E-state index contributed by atoms with van der Waals surface area (Å²) in [6.07, 6.45) is 6.53. The molecular formula is C22H25ClF3N5O2S. The molecule has 2 N–H and O–H groups in total. The van der Waals surface area contributed by atoms with Gasteiger partial charge in [0, 0.05) is 43.7 Å². The van der Waals surface area contributed by atoms with E-state index < -0.39 is 38.5 Å². The molecule has 3 aliphatic rings. The van der Waals surface area contributed by atoms with Crippen molar-refractivity contribution in [3.63, 3.8) is 0 Å². The van der Waals surface area contributed by atoms with Crippen LogP contribution in [0.1, 0.15) is 25.7 Å². The monoisotopic (exact) mass is 515 g/mol. The van der Waals surface area contributed by atoms with Crippen LogP contribution in [0.4, 0.5) is 24.7 Å². The molecule has 0 bridgehead atoms. The number of nitrogens with one attached hydrogen (secondary N) is 2. The van der Waals surface area contributed by atoms with E-state index in [1.54, 1.807) is 0 Å².